The highest BCUT2D eigenvalue weighted by molar-refractivity contribution is 5.96. The Kier molecular flexibility index (Phi) is 7.62. The van der Waals surface area contributed by atoms with Gasteiger partial charge in [0, 0.05) is 19.7 Å². The predicted octanol–water partition coefficient (Wildman–Crippen LogP) is 1.18. The van der Waals surface area contributed by atoms with Gasteiger partial charge in [-0.05, 0) is 25.5 Å². The fraction of sp³-hybridized carbons (Fsp3) is 0.500. The van der Waals surface area contributed by atoms with Crippen LogP contribution in [0, 0.1) is 0 Å². The molecule has 0 unspecified atom stereocenters. The number of nitrogens with one attached hydrogen (secondary N) is 1. The second kappa shape index (κ2) is 9.35. The SMILES string of the molecule is CCOc1ccccc1C(=O)NCCCOCCN. The average Bonchev–Trinajstić information content (AvgIpc) is 2.43. The second-order valence-electron chi connectivity index (χ2n) is 3.94. The minimum Gasteiger partial charge on any atom is -0.493 e. The Balaban J connectivity index is 2.36. The average molecular weight is 266 g/mol. The molecule has 5 nitrogen and oxygen atoms in total. The molecule has 0 aliphatic heterocycles. The van der Waals surface area contributed by atoms with E-state index in [1.54, 1.807) is 12.1 Å². The van der Waals surface area contributed by atoms with Crippen LogP contribution in [0.2, 0.25) is 0 Å². The van der Waals surface area contributed by atoms with E-state index in [2.05, 4.69) is 5.32 Å². The van der Waals surface area contributed by atoms with E-state index in [-0.39, 0.29) is 5.91 Å². The molecule has 0 aliphatic rings. The molecule has 0 saturated heterocycles. The van der Waals surface area contributed by atoms with E-state index in [1.165, 1.54) is 0 Å². The summed E-state index contributed by atoms with van der Waals surface area (Å²) < 4.78 is 10.6. The minimum absolute atomic E-state index is 0.122. The monoisotopic (exact) mass is 266 g/mol. The number of ether oxygens (including phenoxy) is 2. The highest BCUT2D eigenvalue weighted by Gasteiger charge is 2.10. The molecule has 1 amide bonds. The Hall–Kier alpha value is -1.59. The molecule has 0 radical (unpaired) electrons. The van der Waals surface area contributed by atoms with Crippen molar-refractivity contribution in [2.75, 3.05) is 32.9 Å². The van der Waals surface area contributed by atoms with E-state index in [1.807, 2.05) is 19.1 Å². The van der Waals surface area contributed by atoms with Crippen molar-refractivity contribution in [3.8, 4) is 5.75 Å². The van der Waals surface area contributed by atoms with E-state index < -0.39 is 0 Å². The van der Waals surface area contributed by atoms with Crippen molar-refractivity contribution in [3.63, 3.8) is 0 Å². The van der Waals surface area contributed by atoms with Crippen LogP contribution in [0.1, 0.15) is 23.7 Å². The van der Waals surface area contributed by atoms with Crippen molar-refractivity contribution in [2.24, 2.45) is 5.73 Å². The largest absolute Gasteiger partial charge is 0.493 e. The number of benzene rings is 1. The van der Waals surface area contributed by atoms with Gasteiger partial charge in [0.2, 0.25) is 0 Å². The molecule has 5 heteroatoms. The van der Waals surface area contributed by atoms with Crippen molar-refractivity contribution in [3.05, 3.63) is 29.8 Å². The number of para-hydroxylation sites is 1. The zero-order chi connectivity index (χ0) is 13.9. The molecule has 0 saturated carbocycles. The summed E-state index contributed by atoms with van der Waals surface area (Å²) in [4.78, 5) is 12.0. The van der Waals surface area contributed by atoms with Crippen molar-refractivity contribution >= 4 is 5.91 Å². The van der Waals surface area contributed by atoms with E-state index in [9.17, 15) is 4.79 Å². The molecular formula is C14H22N2O3. The third kappa shape index (κ3) is 5.72. The molecule has 1 aromatic rings. The fourth-order valence-electron chi connectivity index (χ4n) is 1.59. The molecule has 3 N–H and O–H groups in total. The van der Waals surface area contributed by atoms with Crippen molar-refractivity contribution in [1.29, 1.82) is 0 Å². The van der Waals surface area contributed by atoms with Gasteiger partial charge in [-0.15, -0.1) is 0 Å². The first-order valence-corrected chi connectivity index (χ1v) is 6.57. The molecule has 0 heterocycles. The normalized spacial score (nSPS) is 10.2. The summed E-state index contributed by atoms with van der Waals surface area (Å²) in [7, 11) is 0. The maximum Gasteiger partial charge on any atom is 0.255 e. The Labute approximate surface area is 114 Å². The van der Waals surface area contributed by atoms with E-state index in [0.29, 0.717) is 44.2 Å². The number of nitrogens with two attached hydrogens (primary N) is 1. The van der Waals surface area contributed by atoms with Crippen LogP contribution in [-0.2, 0) is 4.74 Å². The Morgan fingerprint density at radius 1 is 1.32 bits per heavy atom. The van der Waals surface area contributed by atoms with E-state index in [4.69, 9.17) is 15.2 Å². The van der Waals surface area contributed by atoms with Crippen LogP contribution in [-0.4, -0.2) is 38.8 Å². The maximum absolute atomic E-state index is 12.0. The van der Waals surface area contributed by atoms with Gasteiger partial charge in [-0.3, -0.25) is 4.79 Å². The number of hydrogen-bond acceptors (Lipinski definition) is 4. The van der Waals surface area contributed by atoms with Crippen LogP contribution in [0.15, 0.2) is 24.3 Å². The lowest BCUT2D eigenvalue weighted by atomic mass is 10.2. The third-order valence-electron chi connectivity index (χ3n) is 2.44. The topological polar surface area (TPSA) is 73.6 Å². The number of rotatable bonds is 9. The molecule has 0 spiro atoms. The van der Waals surface area contributed by atoms with Crippen LogP contribution in [0.4, 0.5) is 0 Å². The van der Waals surface area contributed by atoms with Gasteiger partial charge in [-0.1, -0.05) is 12.1 Å². The van der Waals surface area contributed by atoms with Gasteiger partial charge in [0.25, 0.3) is 5.91 Å². The highest BCUT2D eigenvalue weighted by atomic mass is 16.5. The van der Waals surface area contributed by atoms with Crippen LogP contribution < -0.4 is 15.8 Å². The smallest absolute Gasteiger partial charge is 0.255 e. The lowest BCUT2D eigenvalue weighted by Crippen LogP contribution is -2.26. The third-order valence-corrected chi connectivity index (χ3v) is 2.44. The van der Waals surface area contributed by atoms with Crippen molar-refractivity contribution < 1.29 is 14.3 Å². The van der Waals surface area contributed by atoms with Gasteiger partial charge in [0.15, 0.2) is 0 Å². The lowest BCUT2D eigenvalue weighted by molar-refractivity contribution is 0.0939. The van der Waals surface area contributed by atoms with Crippen LogP contribution in [0.3, 0.4) is 0 Å². The number of hydrogen-bond donors (Lipinski definition) is 2. The van der Waals surface area contributed by atoms with Crippen LogP contribution in [0.5, 0.6) is 5.75 Å². The van der Waals surface area contributed by atoms with Crippen molar-refractivity contribution in [1.82, 2.24) is 5.32 Å². The van der Waals surface area contributed by atoms with Crippen LogP contribution in [0.25, 0.3) is 0 Å². The quantitative estimate of drug-likeness (QED) is 0.658. The molecule has 19 heavy (non-hydrogen) atoms. The highest BCUT2D eigenvalue weighted by Crippen LogP contribution is 2.17. The molecule has 0 fully saturated rings. The first-order valence-electron chi connectivity index (χ1n) is 6.57. The summed E-state index contributed by atoms with van der Waals surface area (Å²) in [6.07, 6.45) is 0.766. The maximum atomic E-state index is 12.0. The Morgan fingerprint density at radius 3 is 2.84 bits per heavy atom. The molecular weight excluding hydrogens is 244 g/mol. The lowest BCUT2D eigenvalue weighted by Gasteiger charge is -2.10. The van der Waals surface area contributed by atoms with Gasteiger partial charge >= 0.3 is 0 Å². The number of amides is 1. The molecule has 0 atom stereocenters. The molecule has 0 aromatic heterocycles. The Bertz CT molecular complexity index is 383. The first-order chi connectivity index (χ1) is 9.29. The summed E-state index contributed by atoms with van der Waals surface area (Å²) in [5, 5.41) is 2.84. The van der Waals surface area contributed by atoms with Gasteiger partial charge in [0.1, 0.15) is 5.75 Å². The number of carbonyl (C=O) groups is 1. The zero-order valence-corrected chi connectivity index (χ0v) is 11.4. The zero-order valence-electron chi connectivity index (χ0n) is 11.4. The Morgan fingerprint density at radius 2 is 2.11 bits per heavy atom. The minimum atomic E-state index is -0.122. The van der Waals surface area contributed by atoms with Gasteiger partial charge in [0.05, 0.1) is 18.8 Å². The van der Waals surface area contributed by atoms with Gasteiger partial charge in [-0.2, -0.15) is 0 Å². The molecule has 0 bridgehead atoms. The number of carbonyl (C=O) groups excluding carboxylic acids is 1. The van der Waals surface area contributed by atoms with E-state index >= 15 is 0 Å². The van der Waals surface area contributed by atoms with Gasteiger partial charge < -0.3 is 20.5 Å². The summed E-state index contributed by atoms with van der Waals surface area (Å²) >= 11 is 0. The second-order valence-corrected chi connectivity index (χ2v) is 3.94. The van der Waals surface area contributed by atoms with E-state index in [0.717, 1.165) is 6.42 Å². The summed E-state index contributed by atoms with van der Waals surface area (Å²) in [6, 6.07) is 7.22. The molecule has 1 aromatic carbocycles. The van der Waals surface area contributed by atoms with Crippen LogP contribution >= 0.6 is 0 Å². The molecule has 106 valence electrons. The molecule has 0 aliphatic carbocycles. The summed E-state index contributed by atoms with van der Waals surface area (Å²) in [6.45, 7) is 4.68. The predicted molar refractivity (Wildman–Crippen MR) is 74.4 cm³/mol. The first kappa shape index (κ1) is 15.5. The summed E-state index contributed by atoms with van der Waals surface area (Å²) in [5.41, 5.74) is 5.87. The standard InChI is InChI=1S/C14H22N2O3/c1-2-19-13-7-4-3-6-12(13)14(17)16-9-5-10-18-11-8-15/h3-4,6-7H,2,5,8-11,15H2,1H3,(H,16,17). The van der Waals surface area contributed by atoms with Crippen molar-refractivity contribution in [2.45, 2.75) is 13.3 Å². The van der Waals surface area contributed by atoms with Gasteiger partial charge in [-0.25, -0.2) is 0 Å². The fourth-order valence-corrected chi connectivity index (χ4v) is 1.59. The molecule has 1 rings (SSSR count). The summed E-state index contributed by atoms with van der Waals surface area (Å²) in [5.74, 6) is 0.491.